The van der Waals surface area contributed by atoms with Gasteiger partial charge < -0.3 is 0 Å². The quantitative estimate of drug-likeness (QED) is 0.534. The highest BCUT2D eigenvalue weighted by molar-refractivity contribution is 5.79. The van der Waals surface area contributed by atoms with Crippen molar-refractivity contribution in [2.45, 2.75) is 0 Å². The van der Waals surface area contributed by atoms with Crippen LogP contribution in [0.25, 0.3) is 5.52 Å². The maximum Gasteiger partial charge on any atom is 0.130 e. The van der Waals surface area contributed by atoms with E-state index in [-0.39, 0.29) is 0 Å². The van der Waals surface area contributed by atoms with E-state index < -0.39 is 0 Å². The molecule has 2 aromatic heterocycles. The highest BCUT2D eigenvalue weighted by Gasteiger charge is 2.07. The SMILES string of the molecule is C1=NCN=c2c1nn1cccc21. The maximum atomic E-state index is 4.29. The molecule has 4 heteroatoms. The predicted octanol–water partition coefficient (Wildman–Crippen LogP) is 0.0628. The van der Waals surface area contributed by atoms with Crippen molar-refractivity contribution in [1.29, 1.82) is 0 Å². The van der Waals surface area contributed by atoms with E-state index in [1.807, 2.05) is 22.8 Å². The molecule has 1 aliphatic rings. The summed E-state index contributed by atoms with van der Waals surface area (Å²) in [6.07, 6.45) is 3.69. The summed E-state index contributed by atoms with van der Waals surface area (Å²) in [6, 6.07) is 3.97. The first kappa shape index (κ1) is 5.88. The molecule has 3 heterocycles. The first-order valence-electron chi connectivity index (χ1n) is 3.76. The fourth-order valence-corrected chi connectivity index (χ4v) is 1.43. The smallest absolute Gasteiger partial charge is 0.130 e. The minimum absolute atomic E-state index is 0.527. The van der Waals surface area contributed by atoms with Gasteiger partial charge in [0, 0.05) is 6.20 Å². The normalized spacial score (nSPS) is 14.7. The van der Waals surface area contributed by atoms with E-state index in [9.17, 15) is 0 Å². The highest BCUT2D eigenvalue weighted by Crippen LogP contribution is 2.00. The third-order valence-corrected chi connectivity index (χ3v) is 1.95. The second-order valence-electron chi connectivity index (χ2n) is 2.68. The molecule has 3 rings (SSSR count). The van der Waals surface area contributed by atoms with Crippen molar-refractivity contribution in [2.24, 2.45) is 9.98 Å². The van der Waals surface area contributed by atoms with Gasteiger partial charge in [-0.2, -0.15) is 5.10 Å². The van der Waals surface area contributed by atoms with Crippen LogP contribution in [-0.2, 0) is 0 Å². The molecule has 58 valence electrons. The summed E-state index contributed by atoms with van der Waals surface area (Å²) in [5, 5.41) is 5.25. The molecule has 0 radical (unpaired) electrons. The minimum atomic E-state index is 0.527. The number of rotatable bonds is 0. The van der Waals surface area contributed by atoms with Gasteiger partial charge in [-0.05, 0) is 12.1 Å². The maximum absolute atomic E-state index is 4.29. The Morgan fingerprint density at radius 3 is 3.42 bits per heavy atom. The van der Waals surface area contributed by atoms with Crippen molar-refractivity contribution in [3.05, 3.63) is 29.4 Å². The van der Waals surface area contributed by atoms with Gasteiger partial charge in [-0.3, -0.25) is 9.98 Å². The number of nitrogens with zero attached hydrogens (tertiary/aromatic N) is 4. The fraction of sp³-hybridized carbons (Fsp3) is 0.125. The van der Waals surface area contributed by atoms with Gasteiger partial charge in [-0.1, -0.05) is 0 Å². The zero-order chi connectivity index (χ0) is 7.97. The molecule has 0 spiro atoms. The fourth-order valence-electron chi connectivity index (χ4n) is 1.43. The Kier molecular flexibility index (Phi) is 0.935. The summed E-state index contributed by atoms with van der Waals surface area (Å²) in [6.45, 7) is 0.527. The van der Waals surface area contributed by atoms with Crippen LogP contribution in [0.3, 0.4) is 0 Å². The van der Waals surface area contributed by atoms with Crippen LogP contribution < -0.4 is 5.36 Å². The zero-order valence-corrected chi connectivity index (χ0v) is 6.31. The van der Waals surface area contributed by atoms with Gasteiger partial charge in [0.25, 0.3) is 0 Å². The molecule has 1 aliphatic heterocycles. The predicted molar refractivity (Wildman–Crippen MR) is 44.4 cm³/mol. The van der Waals surface area contributed by atoms with Gasteiger partial charge >= 0.3 is 0 Å². The molecule has 12 heavy (non-hydrogen) atoms. The molecule has 0 amide bonds. The van der Waals surface area contributed by atoms with Gasteiger partial charge in [-0.25, -0.2) is 4.52 Å². The summed E-state index contributed by atoms with van der Waals surface area (Å²) in [4.78, 5) is 8.30. The van der Waals surface area contributed by atoms with Gasteiger partial charge in [0.2, 0.25) is 0 Å². The Hall–Kier alpha value is -1.71. The topological polar surface area (TPSA) is 42.0 Å². The molecule has 0 fully saturated rings. The Balaban J connectivity index is 2.58. The van der Waals surface area contributed by atoms with E-state index >= 15 is 0 Å². The van der Waals surface area contributed by atoms with Crippen LogP contribution in [-0.4, -0.2) is 22.5 Å². The van der Waals surface area contributed by atoms with E-state index in [0.29, 0.717) is 6.67 Å². The Morgan fingerprint density at radius 1 is 1.42 bits per heavy atom. The number of aromatic nitrogens is 2. The standard InChI is InChI=1S/C8H6N4/c1-2-7-8-6(4-9-5-10-8)11-12(7)3-1/h1-4H,5H2. The number of hydrogen-bond donors (Lipinski definition) is 0. The van der Waals surface area contributed by atoms with Crippen LogP contribution >= 0.6 is 0 Å². The van der Waals surface area contributed by atoms with E-state index in [1.54, 1.807) is 6.21 Å². The van der Waals surface area contributed by atoms with Crippen LogP contribution in [0.5, 0.6) is 0 Å². The number of aliphatic imine (C=N–C) groups is 1. The molecule has 0 saturated carbocycles. The molecule has 0 unspecified atom stereocenters. The Labute approximate surface area is 68.2 Å². The largest absolute Gasteiger partial charge is 0.267 e. The Bertz CT molecular complexity index is 508. The lowest BCUT2D eigenvalue weighted by Gasteiger charge is -1.90. The molecule has 0 bridgehead atoms. The number of fused-ring (bicyclic) bond motifs is 3. The molecule has 4 nitrogen and oxygen atoms in total. The van der Waals surface area contributed by atoms with Crippen molar-refractivity contribution in [2.75, 3.05) is 6.67 Å². The van der Waals surface area contributed by atoms with Crippen molar-refractivity contribution in [1.82, 2.24) is 9.61 Å². The van der Waals surface area contributed by atoms with Gasteiger partial charge in [-0.15, -0.1) is 0 Å². The molecule has 0 atom stereocenters. The lowest BCUT2D eigenvalue weighted by molar-refractivity contribution is 0.958. The van der Waals surface area contributed by atoms with Gasteiger partial charge in [0.1, 0.15) is 17.7 Å². The van der Waals surface area contributed by atoms with Crippen LogP contribution in [0.1, 0.15) is 5.69 Å². The lowest BCUT2D eigenvalue weighted by atomic mass is 10.3. The molecular weight excluding hydrogens is 152 g/mol. The first-order valence-corrected chi connectivity index (χ1v) is 3.76. The van der Waals surface area contributed by atoms with Crippen molar-refractivity contribution in [3.8, 4) is 0 Å². The van der Waals surface area contributed by atoms with Crippen molar-refractivity contribution >= 4 is 11.7 Å². The van der Waals surface area contributed by atoms with Crippen LogP contribution in [0.4, 0.5) is 0 Å². The second kappa shape index (κ2) is 1.91. The van der Waals surface area contributed by atoms with Gasteiger partial charge in [0.15, 0.2) is 0 Å². The summed E-state index contributed by atoms with van der Waals surface area (Å²) in [5.41, 5.74) is 1.94. The third-order valence-electron chi connectivity index (χ3n) is 1.95. The van der Waals surface area contributed by atoms with Crippen LogP contribution in [0.2, 0.25) is 0 Å². The van der Waals surface area contributed by atoms with E-state index in [0.717, 1.165) is 16.6 Å². The van der Waals surface area contributed by atoms with Crippen LogP contribution in [0.15, 0.2) is 28.3 Å². The third kappa shape index (κ3) is 0.592. The lowest BCUT2D eigenvalue weighted by Crippen LogP contribution is -2.10. The summed E-state index contributed by atoms with van der Waals surface area (Å²) in [7, 11) is 0. The van der Waals surface area contributed by atoms with Crippen molar-refractivity contribution in [3.63, 3.8) is 0 Å². The summed E-state index contributed by atoms with van der Waals surface area (Å²) >= 11 is 0. The summed E-state index contributed by atoms with van der Waals surface area (Å²) in [5.74, 6) is 0. The number of hydrogen-bond acceptors (Lipinski definition) is 3. The molecule has 0 aliphatic carbocycles. The monoisotopic (exact) mass is 158 g/mol. The molecule has 2 aromatic rings. The molecule has 0 aromatic carbocycles. The molecule has 0 N–H and O–H groups in total. The minimum Gasteiger partial charge on any atom is -0.267 e. The van der Waals surface area contributed by atoms with E-state index in [1.165, 1.54) is 0 Å². The molecular formula is C8H6N4. The molecule has 0 saturated heterocycles. The summed E-state index contributed by atoms with van der Waals surface area (Å²) < 4.78 is 1.82. The van der Waals surface area contributed by atoms with Crippen molar-refractivity contribution < 1.29 is 0 Å². The second-order valence-corrected chi connectivity index (χ2v) is 2.68. The Morgan fingerprint density at radius 2 is 2.42 bits per heavy atom. The van der Waals surface area contributed by atoms with Gasteiger partial charge in [0.05, 0.1) is 11.7 Å². The zero-order valence-electron chi connectivity index (χ0n) is 6.31. The highest BCUT2D eigenvalue weighted by atomic mass is 15.2. The van der Waals surface area contributed by atoms with E-state index in [4.69, 9.17) is 0 Å². The first-order chi connectivity index (χ1) is 5.95. The average Bonchev–Trinajstić information content (AvgIpc) is 2.62. The average molecular weight is 158 g/mol. The van der Waals surface area contributed by atoms with Crippen LogP contribution in [0, 0.1) is 0 Å². The van der Waals surface area contributed by atoms with E-state index in [2.05, 4.69) is 15.1 Å².